The van der Waals surface area contributed by atoms with Gasteiger partial charge in [0, 0.05) is 5.02 Å². The predicted molar refractivity (Wildman–Crippen MR) is 68.7 cm³/mol. The van der Waals surface area contributed by atoms with E-state index in [0.29, 0.717) is 10.7 Å². The third-order valence-corrected chi connectivity index (χ3v) is 2.89. The number of halogens is 1. The zero-order valence-electron chi connectivity index (χ0n) is 9.55. The molecule has 0 aliphatic carbocycles. The molecule has 1 unspecified atom stereocenters. The summed E-state index contributed by atoms with van der Waals surface area (Å²) in [5, 5.41) is 20.3. The van der Waals surface area contributed by atoms with Crippen molar-refractivity contribution in [1.29, 1.82) is 0 Å². The number of H-pyrrole nitrogens is 1. The molecule has 1 aromatic carbocycles. The van der Waals surface area contributed by atoms with Crippen molar-refractivity contribution in [1.82, 2.24) is 10.2 Å². The van der Waals surface area contributed by atoms with Gasteiger partial charge in [0.25, 0.3) is 0 Å². The van der Waals surface area contributed by atoms with Crippen molar-refractivity contribution in [2.45, 2.75) is 13.0 Å². The second-order valence-corrected chi connectivity index (χ2v) is 4.18. The molecule has 0 fully saturated rings. The van der Waals surface area contributed by atoms with Crippen LogP contribution in [-0.2, 0) is 0 Å². The smallest absolute Gasteiger partial charge is 0.366 e. The second-order valence-electron chi connectivity index (χ2n) is 3.78. The van der Waals surface area contributed by atoms with Crippen molar-refractivity contribution < 1.29 is 4.92 Å². The van der Waals surface area contributed by atoms with Crippen LogP contribution in [0.4, 0.5) is 11.5 Å². The van der Waals surface area contributed by atoms with Crippen LogP contribution in [0, 0.1) is 10.1 Å². The first-order valence-electron chi connectivity index (χ1n) is 5.28. The lowest BCUT2D eigenvalue weighted by Crippen LogP contribution is -2.08. The van der Waals surface area contributed by atoms with Crippen LogP contribution in [0.3, 0.4) is 0 Å². The van der Waals surface area contributed by atoms with Gasteiger partial charge in [-0.3, -0.25) is 0 Å². The molecule has 0 radical (unpaired) electrons. The standard InChI is InChI=1S/C11H11ClN4O2/c1-7(8-4-2-3-5-9(8)12)14-10-6-13-15-11(10)16(17)18/h2-7,14H,1H3,(H,13,15). The third-order valence-electron chi connectivity index (χ3n) is 2.55. The number of nitro groups is 1. The summed E-state index contributed by atoms with van der Waals surface area (Å²) in [6, 6.07) is 7.18. The highest BCUT2D eigenvalue weighted by Gasteiger charge is 2.18. The van der Waals surface area contributed by atoms with Gasteiger partial charge in [-0.2, -0.15) is 0 Å². The number of nitrogens with one attached hydrogen (secondary N) is 2. The van der Waals surface area contributed by atoms with Crippen molar-refractivity contribution in [3.05, 3.63) is 51.2 Å². The SMILES string of the molecule is CC(Nc1cn[nH]c1[N+](=O)[O-])c1ccccc1Cl. The van der Waals surface area contributed by atoms with E-state index in [9.17, 15) is 10.1 Å². The molecule has 0 aliphatic rings. The molecule has 7 heteroatoms. The van der Waals surface area contributed by atoms with Crippen LogP contribution >= 0.6 is 11.6 Å². The van der Waals surface area contributed by atoms with E-state index in [1.807, 2.05) is 25.1 Å². The van der Waals surface area contributed by atoms with E-state index in [1.165, 1.54) is 6.20 Å². The summed E-state index contributed by atoms with van der Waals surface area (Å²) in [5.41, 5.74) is 1.21. The molecular weight excluding hydrogens is 256 g/mol. The molecule has 6 nitrogen and oxygen atoms in total. The quantitative estimate of drug-likeness (QED) is 0.658. The van der Waals surface area contributed by atoms with Gasteiger partial charge in [0.15, 0.2) is 5.69 Å². The van der Waals surface area contributed by atoms with Gasteiger partial charge in [-0.15, -0.1) is 5.10 Å². The lowest BCUT2D eigenvalue weighted by atomic mass is 10.1. The van der Waals surface area contributed by atoms with Crippen LogP contribution in [0.15, 0.2) is 30.5 Å². The van der Waals surface area contributed by atoms with Gasteiger partial charge in [-0.25, -0.2) is 0 Å². The highest BCUT2D eigenvalue weighted by Crippen LogP contribution is 2.28. The normalized spacial score (nSPS) is 12.1. The summed E-state index contributed by atoms with van der Waals surface area (Å²) in [6.45, 7) is 1.87. The molecule has 0 saturated carbocycles. The zero-order valence-corrected chi connectivity index (χ0v) is 10.3. The Bertz CT molecular complexity index is 570. The molecule has 2 rings (SSSR count). The van der Waals surface area contributed by atoms with Crippen LogP contribution in [0.1, 0.15) is 18.5 Å². The molecule has 0 bridgehead atoms. The number of benzene rings is 1. The average molecular weight is 267 g/mol. The number of aromatic amines is 1. The van der Waals surface area contributed by atoms with Crippen molar-refractivity contribution in [3.8, 4) is 0 Å². The van der Waals surface area contributed by atoms with Crippen molar-refractivity contribution in [2.24, 2.45) is 0 Å². The fourth-order valence-corrected chi connectivity index (χ4v) is 1.96. The number of rotatable bonds is 4. The van der Waals surface area contributed by atoms with E-state index < -0.39 is 4.92 Å². The molecule has 0 spiro atoms. The molecule has 0 amide bonds. The van der Waals surface area contributed by atoms with Crippen molar-refractivity contribution in [3.63, 3.8) is 0 Å². The van der Waals surface area contributed by atoms with Crippen LogP contribution in [0.25, 0.3) is 0 Å². The average Bonchev–Trinajstić information content (AvgIpc) is 2.77. The fraction of sp³-hybridized carbons (Fsp3) is 0.182. The highest BCUT2D eigenvalue weighted by atomic mass is 35.5. The number of hydrogen-bond donors (Lipinski definition) is 2. The first-order valence-corrected chi connectivity index (χ1v) is 5.66. The first kappa shape index (κ1) is 12.4. The minimum atomic E-state index is -0.519. The predicted octanol–water partition coefficient (Wildman–Crippen LogP) is 3.14. The molecular formula is C11H11ClN4O2. The molecule has 0 saturated heterocycles. The molecule has 0 aliphatic heterocycles. The maximum Gasteiger partial charge on any atom is 0.366 e. The van der Waals surface area contributed by atoms with Gasteiger partial charge in [0.05, 0.1) is 6.04 Å². The monoisotopic (exact) mass is 266 g/mol. The molecule has 1 aromatic heterocycles. The Kier molecular flexibility index (Phi) is 3.47. The maximum atomic E-state index is 10.7. The van der Waals surface area contributed by atoms with E-state index in [2.05, 4.69) is 15.5 Å². The van der Waals surface area contributed by atoms with Crippen molar-refractivity contribution in [2.75, 3.05) is 5.32 Å². The van der Waals surface area contributed by atoms with Crippen LogP contribution in [0.5, 0.6) is 0 Å². The Morgan fingerprint density at radius 3 is 2.89 bits per heavy atom. The van der Waals surface area contributed by atoms with Crippen LogP contribution in [-0.4, -0.2) is 15.1 Å². The summed E-state index contributed by atoms with van der Waals surface area (Å²) in [4.78, 5) is 10.2. The zero-order chi connectivity index (χ0) is 13.1. The number of aromatic nitrogens is 2. The number of hydrogen-bond acceptors (Lipinski definition) is 4. The third kappa shape index (κ3) is 2.43. The van der Waals surface area contributed by atoms with Gasteiger partial charge in [-0.1, -0.05) is 34.9 Å². The van der Waals surface area contributed by atoms with Crippen LogP contribution in [0.2, 0.25) is 5.02 Å². The molecule has 2 aromatic rings. The van der Waals surface area contributed by atoms with E-state index in [1.54, 1.807) is 6.07 Å². The Morgan fingerprint density at radius 1 is 1.50 bits per heavy atom. The molecule has 2 N–H and O–H groups in total. The molecule has 1 atom stereocenters. The van der Waals surface area contributed by atoms with Crippen LogP contribution < -0.4 is 5.32 Å². The van der Waals surface area contributed by atoms with E-state index in [-0.39, 0.29) is 11.9 Å². The summed E-state index contributed by atoms with van der Waals surface area (Å²) >= 11 is 6.06. The Balaban J connectivity index is 2.22. The van der Waals surface area contributed by atoms with E-state index in [4.69, 9.17) is 11.6 Å². The summed E-state index contributed by atoms with van der Waals surface area (Å²) in [5.74, 6) is -0.158. The Labute approximate surface area is 108 Å². The lowest BCUT2D eigenvalue weighted by molar-refractivity contribution is -0.388. The second kappa shape index (κ2) is 5.05. The first-order chi connectivity index (χ1) is 8.59. The van der Waals surface area contributed by atoms with Gasteiger partial charge >= 0.3 is 5.82 Å². The number of nitrogens with zero attached hydrogens (tertiary/aromatic N) is 2. The Morgan fingerprint density at radius 2 is 2.22 bits per heavy atom. The maximum absolute atomic E-state index is 10.7. The minimum Gasteiger partial charge on any atom is -0.370 e. The van der Waals surface area contributed by atoms with E-state index >= 15 is 0 Å². The number of anilines is 1. The summed E-state index contributed by atoms with van der Waals surface area (Å²) in [7, 11) is 0. The topological polar surface area (TPSA) is 83.8 Å². The minimum absolute atomic E-state index is 0.157. The molecule has 94 valence electrons. The van der Waals surface area contributed by atoms with Gasteiger partial charge in [0.2, 0.25) is 0 Å². The highest BCUT2D eigenvalue weighted by molar-refractivity contribution is 6.31. The summed E-state index contributed by atoms with van der Waals surface area (Å²) < 4.78 is 0. The van der Waals surface area contributed by atoms with E-state index in [0.717, 1.165) is 5.56 Å². The van der Waals surface area contributed by atoms with Gasteiger partial charge in [-0.05, 0) is 23.5 Å². The van der Waals surface area contributed by atoms with Gasteiger partial charge in [0.1, 0.15) is 6.20 Å². The Hall–Kier alpha value is -2.08. The lowest BCUT2D eigenvalue weighted by Gasteiger charge is -2.15. The largest absolute Gasteiger partial charge is 0.370 e. The van der Waals surface area contributed by atoms with Gasteiger partial charge < -0.3 is 15.4 Å². The molecule has 1 heterocycles. The fourth-order valence-electron chi connectivity index (χ4n) is 1.66. The summed E-state index contributed by atoms with van der Waals surface area (Å²) in [6.07, 6.45) is 1.38. The molecule has 18 heavy (non-hydrogen) atoms. The van der Waals surface area contributed by atoms with Crippen molar-refractivity contribution >= 4 is 23.1 Å².